The van der Waals surface area contributed by atoms with Gasteiger partial charge in [0.05, 0.1) is 6.10 Å². The maximum Gasteiger partial charge on any atom is 0.0543 e. The second-order valence-electron chi connectivity index (χ2n) is 5.98. The predicted octanol–water partition coefficient (Wildman–Crippen LogP) is 1.93. The third-order valence-corrected chi connectivity index (χ3v) is 5.36. The van der Waals surface area contributed by atoms with Gasteiger partial charge in [-0.25, -0.2) is 0 Å². The first-order chi connectivity index (χ1) is 7.30. The Hall–Kier alpha value is -0.0800. The molecule has 3 rings (SSSR count). The summed E-state index contributed by atoms with van der Waals surface area (Å²) in [6, 6.07) is 0. The molecule has 3 fully saturated rings. The van der Waals surface area contributed by atoms with Gasteiger partial charge in [0.25, 0.3) is 0 Å². The number of hydrogen-bond acceptors (Lipinski definition) is 2. The number of fused-ring (bicyclic) bond motifs is 2. The summed E-state index contributed by atoms with van der Waals surface area (Å²) in [5.41, 5.74) is 0.622. The van der Waals surface area contributed by atoms with E-state index in [1.54, 1.807) is 0 Å². The molecule has 2 heteroatoms. The molecule has 1 spiro atoms. The Bertz CT molecular complexity index is 235. The second-order valence-corrected chi connectivity index (χ2v) is 5.98. The molecule has 0 aromatic rings. The molecule has 1 saturated heterocycles. The monoisotopic (exact) mass is 209 g/mol. The molecule has 2 N–H and O–H groups in total. The molecule has 0 radical (unpaired) electrons. The first-order valence-electron chi connectivity index (χ1n) is 6.69. The van der Waals surface area contributed by atoms with E-state index in [-0.39, 0.29) is 6.10 Å². The maximum absolute atomic E-state index is 9.85. The first-order valence-corrected chi connectivity index (χ1v) is 6.69. The lowest BCUT2D eigenvalue weighted by Crippen LogP contribution is -2.42. The van der Waals surface area contributed by atoms with Crippen molar-refractivity contribution in [1.29, 1.82) is 0 Å². The van der Waals surface area contributed by atoms with Gasteiger partial charge < -0.3 is 10.4 Å². The number of rotatable bonds is 0. The minimum Gasteiger partial charge on any atom is -0.393 e. The molecule has 3 atom stereocenters. The highest BCUT2D eigenvalue weighted by Gasteiger charge is 2.50. The van der Waals surface area contributed by atoms with E-state index in [2.05, 4.69) is 5.32 Å². The fourth-order valence-corrected chi connectivity index (χ4v) is 4.51. The molecule has 15 heavy (non-hydrogen) atoms. The molecule has 1 aliphatic heterocycles. The highest BCUT2D eigenvalue weighted by atomic mass is 16.3. The van der Waals surface area contributed by atoms with Crippen molar-refractivity contribution in [2.45, 2.75) is 51.0 Å². The van der Waals surface area contributed by atoms with Gasteiger partial charge in [-0.1, -0.05) is 0 Å². The first kappa shape index (κ1) is 10.1. The maximum atomic E-state index is 9.85. The van der Waals surface area contributed by atoms with Crippen molar-refractivity contribution in [3.05, 3.63) is 0 Å². The van der Waals surface area contributed by atoms with E-state index >= 15 is 0 Å². The van der Waals surface area contributed by atoms with Crippen LogP contribution in [0.15, 0.2) is 0 Å². The number of aliphatic hydroxyl groups is 1. The van der Waals surface area contributed by atoms with Gasteiger partial charge in [-0.15, -0.1) is 0 Å². The number of nitrogens with one attached hydrogen (secondary N) is 1. The van der Waals surface area contributed by atoms with Crippen molar-refractivity contribution in [3.63, 3.8) is 0 Å². The molecule has 0 amide bonds. The SMILES string of the molecule is OC1CCC2CCC3(CCNCC3)C2C1. The highest BCUT2D eigenvalue weighted by molar-refractivity contribution is 5.01. The summed E-state index contributed by atoms with van der Waals surface area (Å²) in [5, 5.41) is 13.3. The van der Waals surface area contributed by atoms with Crippen molar-refractivity contribution in [1.82, 2.24) is 5.32 Å². The zero-order chi connectivity index (χ0) is 10.3. The minimum atomic E-state index is 0.0103. The van der Waals surface area contributed by atoms with E-state index in [9.17, 15) is 5.11 Å². The Morgan fingerprint density at radius 2 is 1.80 bits per heavy atom. The van der Waals surface area contributed by atoms with Gasteiger partial charge in [0.1, 0.15) is 0 Å². The van der Waals surface area contributed by atoms with Gasteiger partial charge in [0, 0.05) is 0 Å². The van der Waals surface area contributed by atoms with Gasteiger partial charge in [0.2, 0.25) is 0 Å². The average molecular weight is 209 g/mol. The second kappa shape index (κ2) is 3.74. The molecule has 0 aromatic carbocycles. The molecule has 2 nitrogen and oxygen atoms in total. The van der Waals surface area contributed by atoms with E-state index in [0.717, 1.165) is 24.7 Å². The molecule has 2 aliphatic carbocycles. The lowest BCUT2D eigenvalue weighted by Gasteiger charge is -2.43. The quantitative estimate of drug-likeness (QED) is 0.639. The minimum absolute atomic E-state index is 0.0103. The van der Waals surface area contributed by atoms with E-state index < -0.39 is 0 Å². The number of hydrogen-bond donors (Lipinski definition) is 2. The van der Waals surface area contributed by atoms with E-state index in [4.69, 9.17) is 0 Å². The predicted molar refractivity (Wildman–Crippen MR) is 60.6 cm³/mol. The van der Waals surface area contributed by atoms with E-state index in [1.807, 2.05) is 0 Å². The summed E-state index contributed by atoms with van der Waals surface area (Å²) < 4.78 is 0. The fourth-order valence-electron chi connectivity index (χ4n) is 4.51. The van der Waals surface area contributed by atoms with Crippen LogP contribution in [0.1, 0.15) is 44.9 Å². The fraction of sp³-hybridized carbons (Fsp3) is 1.00. The van der Waals surface area contributed by atoms with Crippen molar-refractivity contribution < 1.29 is 5.11 Å². The molecule has 0 bridgehead atoms. The van der Waals surface area contributed by atoms with Crippen molar-refractivity contribution in [2.24, 2.45) is 17.3 Å². The van der Waals surface area contributed by atoms with Gasteiger partial charge in [-0.05, 0) is 75.3 Å². The average Bonchev–Trinajstić information content (AvgIpc) is 2.59. The van der Waals surface area contributed by atoms with Crippen LogP contribution in [0.2, 0.25) is 0 Å². The molecule has 0 aromatic heterocycles. The number of piperidine rings is 1. The summed E-state index contributed by atoms with van der Waals surface area (Å²) in [7, 11) is 0. The van der Waals surface area contributed by atoms with Crippen LogP contribution in [0, 0.1) is 17.3 Å². The Labute approximate surface area is 92.4 Å². The normalized spacial score (nSPS) is 44.2. The summed E-state index contributed by atoms with van der Waals surface area (Å²) in [6.07, 6.45) is 9.08. The molecular formula is C13H23NO. The van der Waals surface area contributed by atoms with Crippen LogP contribution in [-0.4, -0.2) is 24.3 Å². The highest BCUT2D eigenvalue weighted by Crippen LogP contribution is 2.57. The largest absolute Gasteiger partial charge is 0.393 e. The summed E-state index contributed by atoms with van der Waals surface area (Å²) >= 11 is 0. The van der Waals surface area contributed by atoms with Crippen molar-refractivity contribution in [3.8, 4) is 0 Å². The van der Waals surface area contributed by atoms with E-state index in [1.165, 1.54) is 45.2 Å². The van der Waals surface area contributed by atoms with Crippen molar-refractivity contribution >= 4 is 0 Å². The summed E-state index contributed by atoms with van der Waals surface area (Å²) in [6.45, 7) is 2.42. The molecule has 2 saturated carbocycles. The van der Waals surface area contributed by atoms with Gasteiger partial charge in [-0.3, -0.25) is 0 Å². The Morgan fingerprint density at radius 3 is 2.60 bits per heavy atom. The third kappa shape index (κ3) is 1.62. The topological polar surface area (TPSA) is 32.3 Å². The van der Waals surface area contributed by atoms with Gasteiger partial charge in [0.15, 0.2) is 0 Å². The van der Waals surface area contributed by atoms with Crippen LogP contribution < -0.4 is 5.32 Å². The van der Waals surface area contributed by atoms with Crippen molar-refractivity contribution in [2.75, 3.05) is 13.1 Å². The molecule has 1 heterocycles. The van der Waals surface area contributed by atoms with Gasteiger partial charge >= 0.3 is 0 Å². The smallest absolute Gasteiger partial charge is 0.0543 e. The van der Waals surface area contributed by atoms with Crippen LogP contribution in [0.3, 0.4) is 0 Å². The Balaban J connectivity index is 1.78. The Morgan fingerprint density at radius 1 is 1.00 bits per heavy atom. The lowest BCUT2D eigenvalue weighted by molar-refractivity contribution is 0.0197. The van der Waals surface area contributed by atoms with E-state index in [0.29, 0.717) is 5.41 Å². The summed E-state index contributed by atoms with van der Waals surface area (Å²) in [4.78, 5) is 0. The standard InChI is InChI=1S/C13H23NO/c15-11-2-1-10-3-4-13(12(10)9-11)5-7-14-8-6-13/h10-12,14-15H,1-9H2. The van der Waals surface area contributed by atoms with Gasteiger partial charge in [-0.2, -0.15) is 0 Å². The van der Waals surface area contributed by atoms with Crippen LogP contribution >= 0.6 is 0 Å². The number of aliphatic hydroxyl groups excluding tert-OH is 1. The van der Waals surface area contributed by atoms with Crippen LogP contribution in [0.25, 0.3) is 0 Å². The molecular weight excluding hydrogens is 186 g/mol. The van der Waals surface area contributed by atoms with Crippen LogP contribution in [0.5, 0.6) is 0 Å². The Kier molecular flexibility index (Phi) is 2.52. The zero-order valence-corrected chi connectivity index (χ0v) is 9.54. The third-order valence-electron chi connectivity index (χ3n) is 5.36. The van der Waals surface area contributed by atoms with Crippen LogP contribution in [0.4, 0.5) is 0 Å². The molecule has 86 valence electrons. The molecule has 3 aliphatic rings. The summed E-state index contributed by atoms with van der Waals surface area (Å²) in [5.74, 6) is 1.80. The zero-order valence-electron chi connectivity index (χ0n) is 9.54. The molecule has 3 unspecified atom stereocenters. The lowest BCUT2D eigenvalue weighted by atomic mass is 9.65. The van der Waals surface area contributed by atoms with Crippen LogP contribution in [-0.2, 0) is 0 Å².